The number of hydrogen-bond acceptors (Lipinski definition) is 6. The van der Waals surface area contributed by atoms with Crippen LogP contribution in [-0.2, 0) is 0 Å². The molecule has 0 aromatic carbocycles. The number of piperidine rings is 3. The van der Waals surface area contributed by atoms with Crippen molar-refractivity contribution in [2.45, 2.75) is 18.9 Å². The van der Waals surface area contributed by atoms with E-state index in [0.29, 0.717) is 17.5 Å². The molecule has 3 aliphatic rings. The molecule has 0 saturated carbocycles. The molecule has 2 aromatic rings. The van der Waals surface area contributed by atoms with Crippen molar-refractivity contribution >= 4 is 27.7 Å². The van der Waals surface area contributed by atoms with Gasteiger partial charge in [-0.15, -0.1) is 0 Å². The second-order valence-electron chi connectivity index (χ2n) is 5.96. The van der Waals surface area contributed by atoms with E-state index in [0.717, 1.165) is 16.8 Å². The van der Waals surface area contributed by atoms with E-state index in [2.05, 4.69) is 19.6 Å². The average Bonchev–Trinajstić information content (AvgIpc) is 2.99. The van der Waals surface area contributed by atoms with Gasteiger partial charge in [0.15, 0.2) is 5.69 Å². The summed E-state index contributed by atoms with van der Waals surface area (Å²) >= 11 is 1.24. The van der Waals surface area contributed by atoms with E-state index in [1.807, 2.05) is 6.07 Å². The second kappa shape index (κ2) is 5.48. The van der Waals surface area contributed by atoms with E-state index >= 15 is 0 Å². The van der Waals surface area contributed by atoms with Gasteiger partial charge in [0, 0.05) is 24.0 Å². The minimum absolute atomic E-state index is 0.0861. The van der Waals surface area contributed by atoms with Crippen molar-refractivity contribution in [3.8, 4) is 5.88 Å². The second-order valence-corrected chi connectivity index (χ2v) is 6.71. The van der Waals surface area contributed by atoms with Crippen LogP contribution in [0.25, 0.3) is 10.2 Å². The number of amides is 1. The van der Waals surface area contributed by atoms with Gasteiger partial charge in [-0.2, -0.15) is 4.37 Å². The molecule has 1 atom stereocenters. The molecule has 1 N–H and O–H groups in total. The average molecular weight is 318 g/mol. The van der Waals surface area contributed by atoms with Gasteiger partial charge in [0.1, 0.15) is 4.83 Å². The van der Waals surface area contributed by atoms with E-state index in [1.54, 1.807) is 13.2 Å². The number of fused-ring (bicyclic) bond motifs is 4. The Labute approximate surface area is 132 Å². The number of hydrogen-bond donors (Lipinski definition) is 1. The Morgan fingerprint density at radius 3 is 2.91 bits per heavy atom. The maximum absolute atomic E-state index is 12.6. The van der Waals surface area contributed by atoms with Crippen LogP contribution < -0.4 is 10.1 Å². The van der Waals surface area contributed by atoms with Crippen LogP contribution in [-0.4, -0.2) is 53.0 Å². The van der Waals surface area contributed by atoms with Crippen molar-refractivity contribution in [1.82, 2.24) is 19.6 Å². The largest absolute Gasteiger partial charge is 0.481 e. The van der Waals surface area contributed by atoms with Crippen LogP contribution in [0.5, 0.6) is 5.88 Å². The van der Waals surface area contributed by atoms with Gasteiger partial charge in [0.05, 0.1) is 7.11 Å². The van der Waals surface area contributed by atoms with Crippen LogP contribution in [0.4, 0.5) is 0 Å². The Bertz CT molecular complexity index is 709. The molecule has 6 nitrogen and oxygen atoms in total. The smallest absolute Gasteiger partial charge is 0.271 e. The molecule has 3 fully saturated rings. The summed E-state index contributed by atoms with van der Waals surface area (Å²) in [6.07, 6.45) is 2.36. The molecule has 116 valence electrons. The Balaban J connectivity index is 1.55. The summed E-state index contributed by atoms with van der Waals surface area (Å²) in [6, 6.07) is 3.87. The molecule has 0 unspecified atom stereocenters. The highest BCUT2D eigenvalue weighted by Gasteiger charge is 2.35. The minimum atomic E-state index is -0.0861. The topological polar surface area (TPSA) is 67.3 Å². The summed E-state index contributed by atoms with van der Waals surface area (Å²) in [7, 11) is 1.58. The zero-order valence-electron chi connectivity index (χ0n) is 12.4. The molecule has 0 radical (unpaired) electrons. The van der Waals surface area contributed by atoms with Crippen LogP contribution in [0.15, 0.2) is 12.1 Å². The lowest BCUT2D eigenvalue weighted by Gasteiger charge is -2.44. The zero-order valence-corrected chi connectivity index (χ0v) is 13.2. The number of aromatic nitrogens is 2. The van der Waals surface area contributed by atoms with E-state index < -0.39 is 0 Å². The lowest BCUT2D eigenvalue weighted by Crippen LogP contribution is -2.57. The summed E-state index contributed by atoms with van der Waals surface area (Å²) in [5.41, 5.74) is 0.478. The van der Waals surface area contributed by atoms with Crippen LogP contribution >= 0.6 is 11.5 Å². The Hall–Kier alpha value is -1.73. The molecular weight excluding hydrogens is 300 g/mol. The first kappa shape index (κ1) is 13.9. The maximum Gasteiger partial charge on any atom is 0.271 e. The molecule has 1 amide bonds. The van der Waals surface area contributed by atoms with Crippen molar-refractivity contribution in [2.75, 3.05) is 26.7 Å². The van der Waals surface area contributed by atoms with Crippen molar-refractivity contribution in [1.29, 1.82) is 0 Å². The van der Waals surface area contributed by atoms with Crippen molar-refractivity contribution in [3.05, 3.63) is 17.8 Å². The molecule has 3 aliphatic heterocycles. The summed E-state index contributed by atoms with van der Waals surface area (Å²) < 4.78 is 9.40. The first-order valence-corrected chi connectivity index (χ1v) is 8.35. The fraction of sp³-hybridized carbons (Fsp3) is 0.533. The van der Waals surface area contributed by atoms with Gasteiger partial charge in [0.25, 0.3) is 5.91 Å². The summed E-state index contributed by atoms with van der Waals surface area (Å²) in [5.74, 6) is 1.06. The third-order valence-electron chi connectivity index (χ3n) is 4.71. The number of methoxy groups -OCH3 is 1. The predicted molar refractivity (Wildman–Crippen MR) is 84.4 cm³/mol. The van der Waals surface area contributed by atoms with Gasteiger partial charge in [-0.25, -0.2) is 4.98 Å². The number of nitrogens with one attached hydrogen (secondary N) is 1. The van der Waals surface area contributed by atoms with Gasteiger partial charge < -0.3 is 15.0 Å². The highest BCUT2D eigenvalue weighted by atomic mass is 32.1. The SMILES string of the molecule is COc1ccc2c(C(=O)N[C@@H]3CN4CCC3CC4)nsc2n1. The lowest BCUT2D eigenvalue weighted by molar-refractivity contribution is 0.0619. The van der Waals surface area contributed by atoms with E-state index in [1.165, 1.54) is 37.5 Å². The molecule has 7 heteroatoms. The number of nitrogens with zero attached hydrogens (tertiary/aromatic N) is 3. The van der Waals surface area contributed by atoms with Crippen LogP contribution in [0.1, 0.15) is 23.3 Å². The first-order valence-electron chi connectivity index (χ1n) is 7.58. The van der Waals surface area contributed by atoms with E-state index in [4.69, 9.17) is 4.74 Å². The van der Waals surface area contributed by atoms with Crippen LogP contribution in [0.2, 0.25) is 0 Å². The molecule has 2 aromatic heterocycles. The summed E-state index contributed by atoms with van der Waals surface area (Å²) in [6.45, 7) is 3.30. The number of pyridine rings is 1. The fourth-order valence-electron chi connectivity index (χ4n) is 3.45. The maximum atomic E-state index is 12.6. The van der Waals surface area contributed by atoms with Gasteiger partial charge >= 0.3 is 0 Å². The van der Waals surface area contributed by atoms with Gasteiger partial charge in [-0.3, -0.25) is 4.79 Å². The molecule has 0 aliphatic carbocycles. The molecule has 5 rings (SSSR count). The summed E-state index contributed by atoms with van der Waals surface area (Å²) in [4.78, 5) is 20.1. The monoisotopic (exact) mass is 318 g/mol. The third kappa shape index (κ3) is 2.34. The Kier molecular flexibility index (Phi) is 3.46. The molecule has 5 heterocycles. The minimum Gasteiger partial charge on any atom is -0.481 e. The quantitative estimate of drug-likeness (QED) is 0.929. The molecular formula is C15H18N4O2S. The highest BCUT2D eigenvalue weighted by Crippen LogP contribution is 2.28. The molecule has 2 bridgehead atoms. The first-order chi connectivity index (χ1) is 10.7. The predicted octanol–water partition coefficient (Wildman–Crippen LogP) is 1.52. The highest BCUT2D eigenvalue weighted by molar-refractivity contribution is 7.13. The number of carbonyl (C=O) groups is 1. The normalized spacial score (nSPS) is 27.0. The number of rotatable bonds is 3. The fourth-order valence-corrected chi connectivity index (χ4v) is 4.21. The van der Waals surface area contributed by atoms with Gasteiger partial charge in [-0.1, -0.05) is 0 Å². The van der Waals surface area contributed by atoms with Gasteiger partial charge in [-0.05, 0) is 49.4 Å². The van der Waals surface area contributed by atoms with Gasteiger partial charge in [0.2, 0.25) is 5.88 Å². The zero-order chi connectivity index (χ0) is 15.1. The van der Waals surface area contributed by atoms with Crippen LogP contribution in [0.3, 0.4) is 0 Å². The Morgan fingerprint density at radius 2 is 2.23 bits per heavy atom. The Morgan fingerprint density at radius 1 is 1.41 bits per heavy atom. The molecule has 0 spiro atoms. The third-order valence-corrected chi connectivity index (χ3v) is 5.47. The van der Waals surface area contributed by atoms with Crippen molar-refractivity contribution in [3.63, 3.8) is 0 Å². The lowest BCUT2D eigenvalue weighted by atomic mass is 9.84. The van der Waals surface area contributed by atoms with E-state index in [-0.39, 0.29) is 11.9 Å². The van der Waals surface area contributed by atoms with Crippen molar-refractivity contribution < 1.29 is 9.53 Å². The molecule has 22 heavy (non-hydrogen) atoms. The standard InChI is InChI=1S/C15H18N4O2S/c1-21-12-3-2-10-13(18-22-15(10)17-12)14(20)16-11-8-19-6-4-9(11)5-7-19/h2-3,9,11H,4-8H2,1H3,(H,16,20)/t11-/m1/s1. The molecule has 3 saturated heterocycles. The summed E-state index contributed by atoms with van der Waals surface area (Å²) in [5, 5.41) is 3.97. The number of ether oxygens (including phenoxy) is 1. The number of carbonyl (C=O) groups excluding carboxylic acids is 1. The van der Waals surface area contributed by atoms with E-state index in [9.17, 15) is 4.79 Å². The van der Waals surface area contributed by atoms with Crippen molar-refractivity contribution in [2.24, 2.45) is 5.92 Å². The van der Waals surface area contributed by atoms with Crippen LogP contribution in [0, 0.1) is 5.92 Å².